The molecule has 0 radical (unpaired) electrons. The third-order valence-corrected chi connectivity index (χ3v) is 2.18. The summed E-state index contributed by atoms with van der Waals surface area (Å²) in [5.41, 5.74) is 0.322. The van der Waals surface area contributed by atoms with Gasteiger partial charge in [0, 0.05) is 17.1 Å². The van der Waals surface area contributed by atoms with Crippen LogP contribution in [0.4, 0.5) is 14.5 Å². The number of hydrogen-bond acceptors (Lipinski definition) is 1. The van der Waals surface area contributed by atoms with E-state index in [4.69, 9.17) is 0 Å². The number of benzene rings is 1. The van der Waals surface area contributed by atoms with Gasteiger partial charge in [0.15, 0.2) is 0 Å². The average molecular weight is 250 g/mol. The van der Waals surface area contributed by atoms with Crippen LogP contribution in [0.1, 0.15) is 13.3 Å². The summed E-state index contributed by atoms with van der Waals surface area (Å²) in [7, 11) is 0. The van der Waals surface area contributed by atoms with E-state index < -0.39 is 11.6 Å². The molecule has 0 atom stereocenters. The van der Waals surface area contributed by atoms with Crippen LogP contribution in [-0.4, -0.2) is 6.54 Å². The fraction of sp³-hybridized carbons (Fsp3) is 0.333. The van der Waals surface area contributed by atoms with E-state index in [0.717, 1.165) is 12.5 Å². The van der Waals surface area contributed by atoms with Gasteiger partial charge in [-0.3, -0.25) is 0 Å². The second-order valence-corrected chi connectivity index (χ2v) is 3.53. The molecule has 0 saturated carbocycles. The first-order chi connectivity index (χ1) is 6.15. The summed E-state index contributed by atoms with van der Waals surface area (Å²) in [5.74, 6) is -1.15. The van der Waals surface area contributed by atoms with Crippen molar-refractivity contribution in [2.24, 2.45) is 0 Å². The lowest BCUT2D eigenvalue weighted by Crippen LogP contribution is -2.03. The largest absolute Gasteiger partial charge is 0.382 e. The van der Waals surface area contributed by atoms with Crippen molar-refractivity contribution in [3.63, 3.8) is 0 Å². The molecule has 1 nitrogen and oxygen atoms in total. The molecule has 0 bridgehead atoms. The molecule has 0 heterocycles. The van der Waals surface area contributed by atoms with Gasteiger partial charge in [0.05, 0.1) is 5.69 Å². The van der Waals surface area contributed by atoms with Gasteiger partial charge in [-0.15, -0.1) is 0 Å². The van der Waals surface area contributed by atoms with Gasteiger partial charge in [-0.05, 0) is 28.4 Å². The number of hydrogen-bond donors (Lipinski definition) is 1. The van der Waals surface area contributed by atoms with Crippen LogP contribution >= 0.6 is 15.9 Å². The zero-order chi connectivity index (χ0) is 9.84. The van der Waals surface area contributed by atoms with E-state index in [-0.39, 0.29) is 0 Å². The molecular formula is C9H10BrF2N. The highest BCUT2D eigenvalue weighted by Crippen LogP contribution is 2.26. The molecule has 1 aromatic rings. The third-order valence-electron chi connectivity index (χ3n) is 1.56. The van der Waals surface area contributed by atoms with Crippen molar-refractivity contribution in [1.29, 1.82) is 0 Å². The van der Waals surface area contributed by atoms with E-state index in [2.05, 4.69) is 21.2 Å². The van der Waals surface area contributed by atoms with Crippen molar-refractivity contribution in [1.82, 2.24) is 0 Å². The number of anilines is 1. The quantitative estimate of drug-likeness (QED) is 0.864. The smallest absolute Gasteiger partial charge is 0.150 e. The molecule has 13 heavy (non-hydrogen) atoms. The van der Waals surface area contributed by atoms with Crippen molar-refractivity contribution in [3.8, 4) is 0 Å². The van der Waals surface area contributed by atoms with Crippen LogP contribution in [0.2, 0.25) is 0 Å². The van der Waals surface area contributed by atoms with Crippen LogP contribution < -0.4 is 5.32 Å². The first-order valence-electron chi connectivity index (χ1n) is 4.03. The lowest BCUT2D eigenvalue weighted by molar-refractivity contribution is 0.583. The van der Waals surface area contributed by atoms with Crippen LogP contribution in [0, 0.1) is 11.6 Å². The van der Waals surface area contributed by atoms with Gasteiger partial charge in [-0.2, -0.15) is 0 Å². The minimum absolute atomic E-state index is 0.322. The first-order valence-corrected chi connectivity index (χ1v) is 4.83. The Hall–Kier alpha value is -0.640. The summed E-state index contributed by atoms with van der Waals surface area (Å²) < 4.78 is 26.2. The molecule has 0 aliphatic heterocycles. The maximum atomic E-state index is 13.1. The molecule has 0 aliphatic carbocycles. The average Bonchev–Trinajstić information content (AvgIpc) is 2.02. The summed E-state index contributed by atoms with van der Waals surface area (Å²) in [6, 6.07) is 2.10. The van der Waals surface area contributed by atoms with Crippen LogP contribution in [0.3, 0.4) is 0 Å². The Morgan fingerprint density at radius 2 is 2.08 bits per heavy atom. The normalized spacial score (nSPS) is 10.2. The van der Waals surface area contributed by atoms with Crippen LogP contribution in [0.15, 0.2) is 16.6 Å². The summed E-state index contributed by atoms with van der Waals surface area (Å²) in [4.78, 5) is 0. The Morgan fingerprint density at radius 1 is 1.38 bits per heavy atom. The minimum Gasteiger partial charge on any atom is -0.382 e. The molecule has 0 unspecified atom stereocenters. The van der Waals surface area contributed by atoms with Gasteiger partial charge in [0.2, 0.25) is 0 Å². The van der Waals surface area contributed by atoms with Crippen LogP contribution in [0.5, 0.6) is 0 Å². The zero-order valence-electron chi connectivity index (χ0n) is 7.20. The SMILES string of the molecule is CCCNc1c(F)cc(F)cc1Br. The van der Waals surface area contributed by atoms with Crippen molar-refractivity contribution in [2.75, 3.05) is 11.9 Å². The second kappa shape index (κ2) is 4.56. The van der Waals surface area contributed by atoms with E-state index in [1.54, 1.807) is 0 Å². The Kier molecular flexibility index (Phi) is 3.66. The Balaban J connectivity index is 2.92. The maximum absolute atomic E-state index is 13.1. The van der Waals surface area contributed by atoms with Crippen molar-refractivity contribution in [2.45, 2.75) is 13.3 Å². The monoisotopic (exact) mass is 249 g/mol. The lowest BCUT2D eigenvalue weighted by atomic mass is 10.3. The highest BCUT2D eigenvalue weighted by atomic mass is 79.9. The molecule has 1 rings (SSSR count). The summed E-state index contributed by atoms with van der Waals surface area (Å²) >= 11 is 3.09. The van der Waals surface area contributed by atoms with Gasteiger partial charge in [0.25, 0.3) is 0 Å². The Morgan fingerprint density at radius 3 is 2.62 bits per heavy atom. The standard InChI is InChI=1S/C9H10BrF2N/c1-2-3-13-9-7(10)4-6(11)5-8(9)12/h4-5,13H,2-3H2,1H3. The maximum Gasteiger partial charge on any atom is 0.150 e. The van der Waals surface area contributed by atoms with E-state index in [0.29, 0.717) is 16.7 Å². The van der Waals surface area contributed by atoms with Gasteiger partial charge in [-0.1, -0.05) is 6.92 Å². The highest BCUT2D eigenvalue weighted by Gasteiger charge is 2.07. The molecule has 0 fully saturated rings. The fourth-order valence-corrected chi connectivity index (χ4v) is 1.51. The van der Waals surface area contributed by atoms with E-state index in [1.807, 2.05) is 6.92 Å². The van der Waals surface area contributed by atoms with E-state index >= 15 is 0 Å². The molecule has 0 spiro atoms. The van der Waals surface area contributed by atoms with Gasteiger partial charge < -0.3 is 5.32 Å². The molecule has 1 N–H and O–H groups in total. The minimum atomic E-state index is -0.577. The van der Waals surface area contributed by atoms with Crippen molar-refractivity contribution < 1.29 is 8.78 Å². The predicted octanol–water partition coefficient (Wildman–Crippen LogP) is 3.55. The fourth-order valence-electron chi connectivity index (χ4n) is 0.961. The van der Waals surface area contributed by atoms with Crippen LogP contribution in [-0.2, 0) is 0 Å². The molecule has 0 amide bonds. The molecule has 1 aromatic carbocycles. The Bertz CT molecular complexity index is 279. The zero-order valence-corrected chi connectivity index (χ0v) is 8.79. The van der Waals surface area contributed by atoms with Gasteiger partial charge in [0.1, 0.15) is 11.6 Å². The molecule has 0 saturated heterocycles. The number of nitrogens with one attached hydrogen (secondary N) is 1. The molecule has 72 valence electrons. The molecular weight excluding hydrogens is 240 g/mol. The predicted molar refractivity (Wildman–Crippen MR) is 52.8 cm³/mol. The van der Waals surface area contributed by atoms with Crippen molar-refractivity contribution >= 4 is 21.6 Å². The van der Waals surface area contributed by atoms with Gasteiger partial charge >= 0.3 is 0 Å². The topological polar surface area (TPSA) is 12.0 Å². The Labute approximate surface area is 84.3 Å². The van der Waals surface area contributed by atoms with E-state index in [1.165, 1.54) is 6.07 Å². The summed E-state index contributed by atoms with van der Waals surface area (Å²) in [5, 5.41) is 2.87. The van der Waals surface area contributed by atoms with Gasteiger partial charge in [-0.25, -0.2) is 8.78 Å². The van der Waals surface area contributed by atoms with Crippen molar-refractivity contribution in [3.05, 3.63) is 28.2 Å². The lowest BCUT2D eigenvalue weighted by Gasteiger charge is -2.08. The number of halogens is 3. The molecule has 0 aliphatic rings. The highest BCUT2D eigenvalue weighted by molar-refractivity contribution is 9.10. The molecule has 0 aromatic heterocycles. The third kappa shape index (κ3) is 2.66. The second-order valence-electron chi connectivity index (χ2n) is 2.67. The first kappa shape index (κ1) is 10.4. The van der Waals surface area contributed by atoms with E-state index in [9.17, 15) is 8.78 Å². The summed E-state index contributed by atoms with van der Waals surface area (Å²) in [6.07, 6.45) is 0.892. The molecule has 4 heteroatoms. The number of rotatable bonds is 3. The summed E-state index contributed by atoms with van der Waals surface area (Å²) in [6.45, 7) is 2.64. The van der Waals surface area contributed by atoms with Crippen LogP contribution in [0.25, 0.3) is 0 Å².